The molecular formula is C43H63N5O6. The molecule has 5 N–H and O–H groups in total. The highest BCUT2D eigenvalue weighted by Crippen LogP contribution is 2.28. The average molecular weight is 746 g/mol. The van der Waals surface area contributed by atoms with Crippen molar-refractivity contribution in [1.82, 2.24) is 20.4 Å². The van der Waals surface area contributed by atoms with Crippen LogP contribution < -0.4 is 16.4 Å². The Hall–Kier alpha value is -3.93. The van der Waals surface area contributed by atoms with Crippen molar-refractivity contribution < 1.29 is 29.1 Å². The Morgan fingerprint density at radius 2 is 1.43 bits per heavy atom. The van der Waals surface area contributed by atoms with Crippen LogP contribution in [-0.2, 0) is 36.8 Å². The van der Waals surface area contributed by atoms with Crippen LogP contribution in [-0.4, -0.2) is 102 Å². The molecule has 0 aliphatic carbocycles. The summed E-state index contributed by atoms with van der Waals surface area (Å²) in [7, 11) is 1.89. The number of hydrogen-bond donors (Lipinski definition) is 4. The molecular weight excluding hydrogens is 683 g/mol. The number of hydrogen-bond acceptors (Lipinski definition) is 8. The first kappa shape index (κ1) is 42.8. The Morgan fingerprint density at radius 3 is 2.02 bits per heavy atom. The number of carboxylic acid groups (broad SMARTS) is 1. The summed E-state index contributed by atoms with van der Waals surface area (Å²) in [6.07, 6.45) is 6.23. The van der Waals surface area contributed by atoms with Crippen molar-refractivity contribution in [1.29, 1.82) is 0 Å². The molecule has 0 bridgehead atoms. The van der Waals surface area contributed by atoms with E-state index in [1.54, 1.807) is 0 Å². The number of amides is 2. The highest BCUT2D eigenvalue weighted by atomic mass is 16.4. The Labute approximate surface area is 321 Å². The molecule has 5 atom stereocenters. The van der Waals surface area contributed by atoms with E-state index in [0.29, 0.717) is 58.0 Å². The smallest absolute Gasteiger partial charge is 0.320 e. The maximum Gasteiger partial charge on any atom is 0.320 e. The molecule has 2 aromatic rings. The second-order valence-electron chi connectivity index (χ2n) is 15.8. The van der Waals surface area contributed by atoms with E-state index in [1.165, 1.54) is 0 Å². The van der Waals surface area contributed by atoms with Gasteiger partial charge in [0.05, 0.1) is 12.1 Å². The molecule has 2 aliphatic heterocycles. The lowest BCUT2D eigenvalue weighted by molar-refractivity contribution is -0.145. The number of Topliss-reactive ketones (excluding diaryl/α,β-unsaturated/α-hetero) is 2. The summed E-state index contributed by atoms with van der Waals surface area (Å²) in [6.45, 7) is 6.63. The minimum atomic E-state index is -0.801. The first-order valence-electron chi connectivity index (χ1n) is 20.1. The summed E-state index contributed by atoms with van der Waals surface area (Å²) in [6, 6.07) is 17.2. The predicted octanol–water partition coefficient (Wildman–Crippen LogP) is 4.41. The number of ketones is 2. The summed E-state index contributed by atoms with van der Waals surface area (Å²) < 4.78 is 0. The van der Waals surface area contributed by atoms with Crippen molar-refractivity contribution in [2.24, 2.45) is 23.5 Å². The third-order valence-electron chi connectivity index (χ3n) is 11.1. The van der Waals surface area contributed by atoms with Gasteiger partial charge in [0.25, 0.3) is 0 Å². The van der Waals surface area contributed by atoms with Gasteiger partial charge < -0.3 is 26.4 Å². The van der Waals surface area contributed by atoms with Crippen LogP contribution in [0.5, 0.6) is 0 Å². The quantitative estimate of drug-likeness (QED) is 0.128. The van der Waals surface area contributed by atoms with Gasteiger partial charge in [0.2, 0.25) is 11.8 Å². The number of piperidine rings is 1. The largest absolute Gasteiger partial charge is 0.480 e. The van der Waals surface area contributed by atoms with Crippen LogP contribution in [0.15, 0.2) is 60.7 Å². The van der Waals surface area contributed by atoms with E-state index in [0.717, 1.165) is 43.5 Å². The fraction of sp³-hybridized carbons (Fsp3) is 0.605. The molecule has 2 saturated heterocycles. The van der Waals surface area contributed by atoms with Crippen molar-refractivity contribution in [3.63, 3.8) is 0 Å². The van der Waals surface area contributed by atoms with Crippen molar-refractivity contribution in [3.8, 4) is 0 Å². The molecule has 0 saturated carbocycles. The highest BCUT2D eigenvalue weighted by molar-refractivity contribution is 5.94. The predicted molar refractivity (Wildman–Crippen MR) is 211 cm³/mol. The number of carboxylic acids is 1. The molecule has 4 rings (SSSR count). The highest BCUT2D eigenvalue weighted by Gasteiger charge is 2.39. The molecule has 2 amide bonds. The number of nitrogens with zero attached hydrogens (tertiary/aromatic N) is 2. The third kappa shape index (κ3) is 13.1. The van der Waals surface area contributed by atoms with Crippen LogP contribution in [0.3, 0.4) is 0 Å². The molecule has 0 radical (unpaired) electrons. The number of carbonyl (C=O) groups excluding carboxylic acids is 4. The molecule has 2 aromatic carbocycles. The van der Waals surface area contributed by atoms with E-state index < -0.39 is 35.9 Å². The molecule has 11 nitrogen and oxygen atoms in total. The van der Waals surface area contributed by atoms with Crippen LogP contribution in [0, 0.1) is 17.8 Å². The van der Waals surface area contributed by atoms with Gasteiger partial charge in [-0.15, -0.1) is 0 Å². The van der Waals surface area contributed by atoms with E-state index in [-0.39, 0.29) is 48.2 Å². The van der Waals surface area contributed by atoms with Gasteiger partial charge in [-0.1, -0.05) is 80.9 Å². The van der Waals surface area contributed by atoms with E-state index in [2.05, 4.69) is 15.5 Å². The molecule has 54 heavy (non-hydrogen) atoms. The number of nitrogens with one attached hydrogen (secondary N) is 2. The Morgan fingerprint density at radius 1 is 0.815 bits per heavy atom. The monoisotopic (exact) mass is 745 g/mol. The van der Waals surface area contributed by atoms with Crippen molar-refractivity contribution in [2.45, 2.75) is 115 Å². The van der Waals surface area contributed by atoms with E-state index >= 15 is 0 Å². The fourth-order valence-corrected chi connectivity index (χ4v) is 8.12. The number of unbranched alkanes of at least 4 members (excludes halogenated alkanes) is 1. The molecule has 2 aliphatic rings. The molecule has 1 unspecified atom stereocenters. The topological polar surface area (TPSA) is 162 Å². The van der Waals surface area contributed by atoms with Crippen LogP contribution in [0.4, 0.5) is 0 Å². The van der Waals surface area contributed by atoms with Crippen LogP contribution in [0.1, 0.15) is 89.2 Å². The van der Waals surface area contributed by atoms with Gasteiger partial charge in [0.1, 0.15) is 6.04 Å². The minimum Gasteiger partial charge on any atom is -0.480 e. The molecule has 0 spiro atoms. The van der Waals surface area contributed by atoms with Gasteiger partial charge in [-0.05, 0) is 95.0 Å². The summed E-state index contributed by atoms with van der Waals surface area (Å²) in [4.78, 5) is 71.6. The van der Waals surface area contributed by atoms with E-state index in [9.17, 15) is 29.1 Å². The number of aliphatic carboxylic acids is 1. The van der Waals surface area contributed by atoms with Gasteiger partial charge in [-0.25, -0.2) is 0 Å². The second-order valence-corrected chi connectivity index (χ2v) is 15.8. The van der Waals surface area contributed by atoms with E-state index in [1.807, 2.05) is 86.5 Å². The molecule has 296 valence electrons. The van der Waals surface area contributed by atoms with E-state index in [4.69, 9.17) is 5.73 Å². The molecule has 2 fully saturated rings. The van der Waals surface area contributed by atoms with Crippen LogP contribution >= 0.6 is 0 Å². The second kappa shape index (κ2) is 21.8. The number of benzene rings is 2. The lowest BCUT2D eigenvalue weighted by atomic mass is 9.87. The van der Waals surface area contributed by atoms with Crippen LogP contribution in [0.2, 0.25) is 0 Å². The third-order valence-corrected chi connectivity index (χ3v) is 11.1. The van der Waals surface area contributed by atoms with Crippen molar-refractivity contribution in [2.75, 3.05) is 33.2 Å². The lowest BCUT2D eigenvalue weighted by Gasteiger charge is -2.39. The Balaban J connectivity index is 1.45. The maximum atomic E-state index is 14.2. The SMILES string of the molecule is CNCCCC[C@@H](CC(=O)[C@@H](CC(C)C)NC(=O)[C@H](CC(=O)[C@H](N)Cc1ccccc1)Cc1ccccc1)C(=O)N1CCC(N2CCCC2C(=O)O)CC1. The summed E-state index contributed by atoms with van der Waals surface area (Å²) in [5.74, 6) is -2.72. The molecule has 0 aromatic heterocycles. The van der Waals surface area contributed by atoms with Crippen molar-refractivity contribution in [3.05, 3.63) is 71.8 Å². The van der Waals surface area contributed by atoms with Gasteiger partial charge in [-0.2, -0.15) is 0 Å². The minimum absolute atomic E-state index is 0.0213. The fourth-order valence-electron chi connectivity index (χ4n) is 8.12. The zero-order valence-corrected chi connectivity index (χ0v) is 32.6. The maximum absolute atomic E-state index is 14.2. The normalized spacial score (nSPS) is 18.9. The summed E-state index contributed by atoms with van der Waals surface area (Å²) in [5.41, 5.74) is 8.22. The zero-order chi connectivity index (χ0) is 39.0. The first-order valence-corrected chi connectivity index (χ1v) is 20.1. The summed E-state index contributed by atoms with van der Waals surface area (Å²) in [5, 5.41) is 15.9. The van der Waals surface area contributed by atoms with Gasteiger partial charge in [0.15, 0.2) is 11.6 Å². The van der Waals surface area contributed by atoms with Crippen molar-refractivity contribution >= 4 is 29.4 Å². The van der Waals surface area contributed by atoms with Gasteiger partial charge in [-0.3, -0.25) is 28.9 Å². The Bertz CT molecular complexity index is 1500. The zero-order valence-electron chi connectivity index (χ0n) is 32.6. The molecule has 2 heterocycles. The first-order chi connectivity index (χ1) is 26.0. The number of likely N-dealkylation sites (tertiary alicyclic amines) is 2. The van der Waals surface area contributed by atoms with Gasteiger partial charge in [0, 0.05) is 43.8 Å². The number of carbonyl (C=O) groups is 5. The number of rotatable bonds is 22. The lowest BCUT2D eigenvalue weighted by Crippen LogP contribution is -2.51. The average Bonchev–Trinajstić information content (AvgIpc) is 3.67. The summed E-state index contributed by atoms with van der Waals surface area (Å²) >= 11 is 0. The van der Waals surface area contributed by atoms with Crippen LogP contribution in [0.25, 0.3) is 0 Å². The molecule has 11 heteroatoms. The van der Waals surface area contributed by atoms with Gasteiger partial charge >= 0.3 is 5.97 Å². The Kier molecular flexibility index (Phi) is 17.3. The standard InChI is InChI=1S/C43H63N5O6/c1-30(2)25-37(46-41(51)34(26-31-13-6-4-7-14-31)29-39(49)36(44)27-32-15-8-5-9-16-32)40(50)28-33(17-10-11-21-45-3)42(52)47-23-19-35(20-24-47)48-22-12-18-38(48)43(53)54/h4-9,13-16,30,33-38,45H,10-12,17-29,44H2,1-3H3,(H,46,51)(H,53,54)/t33-,34-,36+,37+,38?/m0/s1. The number of nitrogens with two attached hydrogens (primary N) is 1.